The number of benzene rings is 1. The third-order valence-corrected chi connectivity index (χ3v) is 2.13. The molecule has 0 aliphatic rings. The average molecular weight is 208 g/mol. The van der Waals surface area contributed by atoms with E-state index in [1.54, 1.807) is 0 Å². The Bertz CT molecular complexity index is 267. The summed E-state index contributed by atoms with van der Waals surface area (Å²) in [6.45, 7) is 8.10. The van der Waals surface area contributed by atoms with Gasteiger partial charge in [-0.1, -0.05) is 30.3 Å². The minimum absolute atomic E-state index is 0.216. The fourth-order valence-corrected chi connectivity index (χ4v) is 1.24. The Hall–Kier alpha value is -0.860. The standard InChI is InChI=1S/C13H20O2/c1-4-14-11-13(2,3)15-10-12-8-6-5-7-9-12/h5-9H,4,10-11H2,1-3H3. The van der Waals surface area contributed by atoms with Crippen LogP contribution in [0.4, 0.5) is 0 Å². The van der Waals surface area contributed by atoms with Crippen molar-refractivity contribution in [3.8, 4) is 0 Å². The van der Waals surface area contributed by atoms with Crippen LogP contribution in [0.15, 0.2) is 30.3 Å². The Morgan fingerprint density at radius 1 is 1.13 bits per heavy atom. The molecule has 0 aliphatic carbocycles. The Morgan fingerprint density at radius 3 is 2.40 bits per heavy atom. The van der Waals surface area contributed by atoms with Crippen molar-refractivity contribution in [1.29, 1.82) is 0 Å². The summed E-state index contributed by atoms with van der Waals surface area (Å²) in [5.41, 5.74) is 0.980. The molecule has 0 amide bonds. The van der Waals surface area contributed by atoms with Crippen molar-refractivity contribution in [3.05, 3.63) is 35.9 Å². The maximum Gasteiger partial charge on any atom is 0.0863 e. The van der Waals surface area contributed by atoms with Crippen LogP contribution in [-0.4, -0.2) is 18.8 Å². The molecule has 0 atom stereocenters. The van der Waals surface area contributed by atoms with Crippen molar-refractivity contribution in [2.24, 2.45) is 0 Å². The first kappa shape index (κ1) is 12.2. The molecule has 0 saturated carbocycles. The van der Waals surface area contributed by atoms with E-state index in [-0.39, 0.29) is 5.60 Å². The van der Waals surface area contributed by atoms with Crippen molar-refractivity contribution in [1.82, 2.24) is 0 Å². The van der Waals surface area contributed by atoms with Gasteiger partial charge < -0.3 is 9.47 Å². The van der Waals surface area contributed by atoms with Gasteiger partial charge in [0.2, 0.25) is 0 Å². The Balaban J connectivity index is 2.35. The third-order valence-electron chi connectivity index (χ3n) is 2.13. The second-order valence-electron chi connectivity index (χ2n) is 4.17. The van der Waals surface area contributed by atoms with Gasteiger partial charge in [0.1, 0.15) is 0 Å². The van der Waals surface area contributed by atoms with Crippen LogP contribution in [0.5, 0.6) is 0 Å². The fraction of sp³-hybridized carbons (Fsp3) is 0.538. The molecule has 15 heavy (non-hydrogen) atoms. The van der Waals surface area contributed by atoms with Gasteiger partial charge in [-0.3, -0.25) is 0 Å². The van der Waals surface area contributed by atoms with Crippen molar-refractivity contribution in [2.75, 3.05) is 13.2 Å². The van der Waals surface area contributed by atoms with Crippen molar-refractivity contribution in [3.63, 3.8) is 0 Å². The van der Waals surface area contributed by atoms with Crippen LogP contribution in [0.2, 0.25) is 0 Å². The van der Waals surface area contributed by atoms with E-state index in [1.807, 2.05) is 39.0 Å². The average Bonchev–Trinajstić information content (AvgIpc) is 2.25. The third kappa shape index (κ3) is 4.96. The molecule has 0 unspecified atom stereocenters. The molecular formula is C13H20O2. The minimum Gasteiger partial charge on any atom is -0.379 e. The van der Waals surface area contributed by atoms with Crippen molar-refractivity contribution >= 4 is 0 Å². The minimum atomic E-state index is -0.216. The number of hydrogen-bond acceptors (Lipinski definition) is 2. The fourth-order valence-electron chi connectivity index (χ4n) is 1.24. The van der Waals surface area contributed by atoms with Crippen LogP contribution in [0.1, 0.15) is 26.3 Å². The van der Waals surface area contributed by atoms with Gasteiger partial charge in [0.15, 0.2) is 0 Å². The Labute approximate surface area is 92.2 Å². The van der Waals surface area contributed by atoms with E-state index in [2.05, 4.69) is 12.1 Å². The first-order valence-corrected chi connectivity index (χ1v) is 5.40. The number of ether oxygens (including phenoxy) is 2. The summed E-state index contributed by atoms with van der Waals surface area (Å²) in [5, 5.41) is 0. The summed E-state index contributed by atoms with van der Waals surface area (Å²) in [5.74, 6) is 0. The topological polar surface area (TPSA) is 18.5 Å². The van der Waals surface area contributed by atoms with Gasteiger partial charge >= 0.3 is 0 Å². The van der Waals surface area contributed by atoms with Crippen molar-refractivity contribution in [2.45, 2.75) is 33.0 Å². The summed E-state index contributed by atoms with van der Waals surface area (Å²) < 4.78 is 11.2. The molecular weight excluding hydrogens is 188 g/mol. The monoisotopic (exact) mass is 208 g/mol. The zero-order valence-corrected chi connectivity index (χ0v) is 9.82. The maximum absolute atomic E-state index is 5.79. The first-order valence-electron chi connectivity index (χ1n) is 5.40. The van der Waals surface area contributed by atoms with Crippen LogP contribution in [0, 0.1) is 0 Å². The van der Waals surface area contributed by atoms with E-state index in [4.69, 9.17) is 9.47 Å². The molecule has 0 bridgehead atoms. The molecule has 1 rings (SSSR count). The lowest BCUT2D eigenvalue weighted by Crippen LogP contribution is -2.30. The lowest BCUT2D eigenvalue weighted by Gasteiger charge is -2.24. The van der Waals surface area contributed by atoms with E-state index in [0.29, 0.717) is 13.2 Å². The zero-order chi connectivity index (χ0) is 11.1. The van der Waals surface area contributed by atoms with E-state index >= 15 is 0 Å². The highest BCUT2D eigenvalue weighted by Crippen LogP contribution is 2.13. The van der Waals surface area contributed by atoms with Crippen LogP contribution < -0.4 is 0 Å². The van der Waals surface area contributed by atoms with Gasteiger partial charge in [-0.25, -0.2) is 0 Å². The Morgan fingerprint density at radius 2 is 1.80 bits per heavy atom. The number of rotatable bonds is 6. The summed E-state index contributed by atoms with van der Waals surface area (Å²) in [6, 6.07) is 10.2. The predicted octanol–water partition coefficient (Wildman–Crippen LogP) is 3.02. The van der Waals surface area contributed by atoms with Crippen LogP contribution in [-0.2, 0) is 16.1 Å². The molecule has 0 aromatic heterocycles. The maximum atomic E-state index is 5.79. The molecule has 0 radical (unpaired) electrons. The smallest absolute Gasteiger partial charge is 0.0863 e. The van der Waals surface area contributed by atoms with E-state index < -0.39 is 0 Å². The molecule has 0 fully saturated rings. The van der Waals surface area contributed by atoms with E-state index in [0.717, 1.165) is 6.61 Å². The largest absolute Gasteiger partial charge is 0.379 e. The van der Waals surface area contributed by atoms with Gasteiger partial charge in [-0.15, -0.1) is 0 Å². The van der Waals surface area contributed by atoms with Gasteiger partial charge in [-0.2, -0.15) is 0 Å². The molecule has 0 aliphatic heterocycles. The quantitative estimate of drug-likeness (QED) is 0.715. The second-order valence-corrected chi connectivity index (χ2v) is 4.17. The molecule has 0 heterocycles. The Kier molecular flexibility index (Phi) is 4.79. The lowest BCUT2D eigenvalue weighted by molar-refractivity contribution is -0.0814. The van der Waals surface area contributed by atoms with E-state index in [1.165, 1.54) is 5.56 Å². The van der Waals surface area contributed by atoms with Gasteiger partial charge in [-0.05, 0) is 26.3 Å². The second kappa shape index (κ2) is 5.89. The van der Waals surface area contributed by atoms with Gasteiger partial charge in [0.05, 0.1) is 18.8 Å². The van der Waals surface area contributed by atoms with Gasteiger partial charge in [0, 0.05) is 6.61 Å². The van der Waals surface area contributed by atoms with Crippen LogP contribution in [0.25, 0.3) is 0 Å². The first-order chi connectivity index (χ1) is 7.14. The summed E-state index contributed by atoms with van der Waals surface area (Å²) in [6.07, 6.45) is 0. The highest BCUT2D eigenvalue weighted by Gasteiger charge is 2.18. The van der Waals surface area contributed by atoms with E-state index in [9.17, 15) is 0 Å². The molecule has 1 aromatic rings. The lowest BCUT2D eigenvalue weighted by atomic mass is 10.1. The summed E-state index contributed by atoms with van der Waals surface area (Å²) >= 11 is 0. The molecule has 84 valence electrons. The SMILES string of the molecule is CCOCC(C)(C)OCc1ccccc1. The molecule has 2 heteroatoms. The molecule has 0 spiro atoms. The highest BCUT2D eigenvalue weighted by atomic mass is 16.5. The molecule has 0 N–H and O–H groups in total. The van der Waals surface area contributed by atoms with Crippen molar-refractivity contribution < 1.29 is 9.47 Å². The summed E-state index contributed by atoms with van der Waals surface area (Å²) in [4.78, 5) is 0. The number of hydrogen-bond donors (Lipinski definition) is 0. The van der Waals surface area contributed by atoms with Crippen LogP contribution >= 0.6 is 0 Å². The molecule has 0 saturated heterocycles. The van der Waals surface area contributed by atoms with Crippen LogP contribution in [0.3, 0.4) is 0 Å². The highest BCUT2D eigenvalue weighted by molar-refractivity contribution is 5.13. The molecule has 2 nitrogen and oxygen atoms in total. The normalized spacial score (nSPS) is 11.7. The summed E-state index contributed by atoms with van der Waals surface area (Å²) in [7, 11) is 0. The van der Waals surface area contributed by atoms with Gasteiger partial charge in [0.25, 0.3) is 0 Å². The molecule has 1 aromatic carbocycles. The predicted molar refractivity (Wildman–Crippen MR) is 61.8 cm³/mol. The zero-order valence-electron chi connectivity index (χ0n) is 9.82.